The molecule has 0 amide bonds. The van der Waals surface area contributed by atoms with Gasteiger partial charge in [0, 0.05) is 11.8 Å². The van der Waals surface area contributed by atoms with Crippen molar-refractivity contribution >= 4 is 30.5 Å². The number of para-hydroxylation sites is 1. The van der Waals surface area contributed by atoms with Gasteiger partial charge in [-0.25, -0.2) is 0 Å². The fourth-order valence-electron chi connectivity index (χ4n) is 2.67. The molecule has 1 N–H and O–H groups in total. The predicted molar refractivity (Wildman–Crippen MR) is 113 cm³/mol. The van der Waals surface area contributed by atoms with Crippen molar-refractivity contribution in [1.82, 2.24) is 0 Å². The van der Waals surface area contributed by atoms with E-state index in [9.17, 15) is 5.11 Å². The van der Waals surface area contributed by atoms with Crippen LogP contribution in [0, 0.1) is 0 Å². The molecule has 3 aromatic rings. The Morgan fingerprint density at radius 3 is 2.00 bits per heavy atom. The number of benzene rings is 3. The van der Waals surface area contributed by atoms with Crippen LogP contribution in [0.4, 0.5) is 5.69 Å². The summed E-state index contributed by atoms with van der Waals surface area (Å²) >= 11 is -0.556. The Bertz CT molecular complexity index is 868. The first-order chi connectivity index (χ1) is 13.1. The van der Waals surface area contributed by atoms with Crippen LogP contribution in [-0.2, 0) is 17.0 Å². The Labute approximate surface area is 177 Å². The standard InChI is InChI=1S/C22H21NO.2ClH.Ti/c1-16(2)21-14-18(17-9-5-3-6-10-17)13-19(22(21)24)15-23-20-11-7-4-8-12-20;;;/h3-16,24H,1-2H3;2*1H;/q;;;+2/p-2. The molecule has 0 aromatic heterocycles. The predicted octanol–water partition coefficient (Wildman–Crippen LogP) is 7.31. The number of aliphatic imine (C=N–C) groups is 1. The molecule has 0 radical (unpaired) electrons. The fraction of sp³-hybridized carbons (Fsp3) is 0.136. The number of hydrogen-bond donors (Lipinski definition) is 1. The zero-order valence-electron chi connectivity index (χ0n) is 15.2. The molecule has 5 heteroatoms. The first-order valence-corrected chi connectivity index (χ1v) is 12.8. The van der Waals surface area contributed by atoms with Gasteiger partial charge >= 0.3 is 35.6 Å². The Hall–Kier alpha value is -1.58. The monoisotopic (exact) mass is 433 g/mol. The van der Waals surface area contributed by atoms with Crippen LogP contribution in [-0.4, -0.2) is 11.3 Å². The summed E-state index contributed by atoms with van der Waals surface area (Å²) in [6, 6.07) is 24.0. The fourth-order valence-corrected chi connectivity index (χ4v) is 2.67. The van der Waals surface area contributed by atoms with Crippen LogP contribution in [0.15, 0.2) is 77.8 Å². The van der Waals surface area contributed by atoms with E-state index >= 15 is 0 Å². The molecule has 0 atom stereocenters. The van der Waals surface area contributed by atoms with Gasteiger partial charge in [-0.2, -0.15) is 0 Å². The van der Waals surface area contributed by atoms with Crippen LogP contribution in [0.1, 0.15) is 30.9 Å². The third-order valence-electron chi connectivity index (χ3n) is 4.01. The van der Waals surface area contributed by atoms with Crippen LogP contribution in [0.2, 0.25) is 0 Å². The molecule has 0 saturated heterocycles. The zero-order valence-corrected chi connectivity index (χ0v) is 18.3. The molecule has 3 aromatic carbocycles. The number of halogens is 2. The van der Waals surface area contributed by atoms with E-state index in [1.165, 1.54) is 0 Å². The van der Waals surface area contributed by atoms with E-state index in [0.29, 0.717) is 5.75 Å². The third-order valence-corrected chi connectivity index (χ3v) is 4.01. The second-order valence-electron chi connectivity index (χ2n) is 6.19. The topological polar surface area (TPSA) is 32.6 Å². The summed E-state index contributed by atoms with van der Waals surface area (Å²) in [4.78, 5) is 4.49. The average Bonchev–Trinajstić information content (AvgIpc) is 2.69. The van der Waals surface area contributed by atoms with Gasteiger partial charge < -0.3 is 5.11 Å². The molecule has 2 nitrogen and oxygen atoms in total. The summed E-state index contributed by atoms with van der Waals surface area (Å²) < 4.78 is 0. The molecular formula is C22H21Cl2NOTi. The van der Waals surface area contributed by atoms with E-state index in [0.717, 1.165) is 27.9 Å². The van der Waals surface area contributed by atoms with Gasteiger partial charge in [0.2, 0.25) is 0 Å². The molecule has 138 valence electrons. The first-order valence-electron chi connectivity index (χ1n) is 8.54. The van der Waals surface area contributed by atoms with Crippen LogP contribution < -0.4 is 0 Å². The van der Waals surface area contributed by atoms with Crippen LogP contribution in [0.3, 0.4) is 0 Å². The van der Waals surface area contributed by atoms with Crippen molar-refractivity contribution in [2.45, 2.75) is 19.8 Å². The number of aromatic hydroxyl groups is 1. The summed E-state index contributed by atoms with van der Waals surface area (Å²) in [5, 5.41) is 10.6. The van der Waals surface area contributed by atoms with Crippen molar-refractivity contribution < 1.29 is 22.1 Å². The summed E-state index contributed by atoms with van der Waals surface area (Å²) in [5.74, 6) is 0.543. The number of phenolic OH excluding ortho intramolecular Hbond substituents is 1. The minimum absolute atomic E-state index is 0.234. The van der Waals surface area contributed by atoms with Gasteiger partial charge in [-0.05, 0) is 46.9 Å². The van der Waals surface area contributed by atoms with Gasteiger partial charge in [0.25, 0.3) is 0 Å². The van der Waals surface area contributed by atoms with E-state index in [1.54, 1.807) is 6.21 Å². The molecule has 27 heavy (non-hydrogen) atoms. The number of phenols is 1. The summed E-state index contributed by atoms with van der Waals surface area (Å²) in [5.41, 5.74) is 4.77. The van der Waals surface area contributed by atoms with E-state index in [1.807, 2.05) is 54.6 Å². The van der Waals surface area contributed by atoms with Crippen molar-refractivity contribution in [3.8, 4) is 16.9 Å². The number of nitrogens with zero attached hydrogens (tertiary/aromatic N) is 1. The second-order valence-corrected chi connectivity index (χ2v) is 8.77. The molecule has 0 aliphatic heterocycles. The van der Waals surface area contributed by atoms with Crippen LogP contribution in [0.5, 0.6) is 5.75 Å². The molecule has 0 aliphatic rings. The van der Waals surface area contributed by atoms with E-state index in [2.05, 4.69) is 37.0 Å². The van der Waals surface area contributed by atoms with Gasteiger partial charge in [-0.15, -0.1) is 0 Å². The first kappa shape index (κ1) is 21.7. The third kappa shape index (κ3) is 6.51. The van der Waals surface area contributed by atoms with E-state index in [-0.39, 0.29) is 5.92 Å². The van der Waals surface area contributed by atoms with Gasteiger partial charge in [-0.3, -0.25) is 4.99 Å². The molecule has 0 heterocycles. The Morgan fingerprint density at radius 2 is 1.44 bits per heavy atom. The van der Waals surface area contributed by atoms with E-state index in [4.69, 9.17) is 18.6 Å². The zero-order chi connectivity index (χ0) is 19.6. The van der Waals surface area contributed by atoms with Crippen molar-refractivity contribution in [2.24, 2.45) is 4.99 Å². The molecule has 0 bridgehead atoms. The molecule has 0 unspecified atom stereocenters. The second kappa shape index (κ2) is 11.3. The van der Waals surface area contributed by atoms with Crippen molar-refractivity contribution in [3.05, 3.63) is 83.9 Å². The Balaban J connectivity index is 0.000000817. The molecule has 0 spiro atoms. The van der Waals surface area contributed by atoms with Gasteiger partial charge in [-0.1, -0.05) is 62.4 Å². The Morgan fingerprint density at radius 1 is 0.889 bits per heavy atom. The number of hydrogen-bond acceptors (Lipinski definition) is 2. The van der Waals surface area contributed by atoms with Crippen molar-refractivity contribution in [2.75, 3.05) is 0 Å². The summed E-state index contributed by atoms with van der Waals surface area (Å²) in [6.45, 7) is 4.17. The van der Waals surface area contributed by atoms with Crippen LogP contribution in [0.25, 0.3) is 11.1 Å². The average molecular weight is 434 g/mol. The maximum atomic E-state index is 10.6. The molecule has 0 aliphatic carbocycles. The van der Waals surface area contributed by atoms with Gasteiger partial charge in [0.1, 0.15) is 5.75 Å². The van der Waals surface area contributed by atoms with Crippen molar-refractivity contribution in [1.29, 1.82) is 0 Å². The van der Waals surface area contributed by atoms with E-state index < -0.39 is 17.0 Å². The molecule has 0 fully saturated rings. The quantitative estimate of drug-likeness (QED) is 0.339. The van der Waals surface area contributed by atoms with Crippen LogP contribution >= 0.6 is 18.6 Å². The number of rotatable bonds is 4. The molecule has 3 rings (SSSR count). The minimum atomic E-state index is -0.556. The van der Waals surface area contributed by atoms with Crippen molar-refractivity contribution in [3.63, 3.8) is 0 Å². The normalized spacial score (nSPS) is 10.6. The summed E-state index contributed by atoms with van der Waals surface area (Å²) in [7, 11) is 9.78. The molecular weight excluding hydrogens is 413 g/mol. The van der Waals surface area contributed by atoms with Gasteiger partial charge in [0.05, 0.1) is 5.69 Å². The maximum absolute atomic E-state index is 10.6. The molecule has 0 saturated carbocycles. The van der Waals surface area contributed by atoms with Gasteiger partial charge in [0.15, 0.2) is 0 Å². The SMILES string of the molecule is CC(C)c1cc(-c2ccccc2)cc(C=Nc2ccccc2)c1O.[Cl][Ti][Cl]. The summed E-state index contributed by atoms with van der Waals surface area (Å²) in [6.07, 6.45) is 1.74. The Kier molecular flexibility index (Phi) is 9.10.